The molecule has 1 aromatic carbocycles. The molecule has 9 nitrogen and oxygen atoms in total. The molecule has 2 rings (SSSR count). The number of primary amides is 1. The summed E-state index contributed by atoms with van der Waals surface area (Å²) < 4.78 is 5.05. The number of nitrogens with zero attached hydrogens (tertiary/aromatic N) is 1. The number of ether oxygens (including phenoxy) is 1. The van der Waals surface area contributed by atoms with Crippen molar-refractivity contribution in [3.05, 3.63) is 24.3 Å². The Bertz CT molecular complexity index is 660. The first-order chi connectivity index (χ1) is 10.9. The fourth-order valence-electron chi connectivity index (χ4n) is 2.16. The Morgan fingerprint density at radius 2 is 2.04 bits per heavy atom. The van der Waals surface area contributed by atoms with Gasteiger partial charge in [-0.05, 0) is 12.1 Å². The average molecular weight is 321 g/mol. The zero-order chi connectivity index (χ0) is 17.0. The molecule has 0 aromatic heterocycles. The van der Waals surface area contributed by atoms with Gasteiger partial charge in [-0.25, -0.2) is 9.59 Å². The summed E-state index contributed by atoms with van der Waals surface area (Å²) in [4.78, 5) is 46.8. The third-order valence-electron chi connectivity index (χ3n) is 3.12. The molecule has 23 heavy (non-hydrogen) atoms. The number of carboxylic acids is 1. The molecule has 1 aliphatic rings. The smallest absolute Gasteiger partial charge is 0.331 e. The Hall–Kier alpha value is -3.10. The average Bonchev–Trinajstić information content (AvgIpc) is 2.45. The number of esters is 1. The van der Waals surface area contributed by atoms with Gasteiger partial charge in [0.2, 0.25) is 11.8 Å². The van der Waals surface area contributed by atoms with Gasteiger partial charge in [-0.3, -0.25) is 9.59 Å². The largest absolute Gasteiger partial charge is 0.480 e. The Morgan fingerprint density at radius 3 is 2.70 bits per heavy atom. The first kappa shape index (κ1) is 16.3. The number of para-hydroxylation sites is 2. The third-order valence-corrected chi connectivity index (χ3v) is 3.12. The van der Waals surface area contributed by atoms with E-state index in [9.17, 15) is 19.2 Å². The van der Waals surface area contributed by atoms with Crippen LogP contribution in [0.5, 0.6) is 5.75 Å². The van der Waals surface area contributed by atoms with Gasteiger partial charge in [-0.1, -0.05) is 12.1 Å². The van der Waals surface area contributed by atoms with E-state index in [4.69, 9.17) is 15.6 Å². The van der Waals surface area contributed by atoms with Crippen molar-refractivity contribution in [1.82, 2.24) is 5.32 Å². The summed E-state index contributed by atoms with van der Waals surface area (Å²) in [7, 11) is 0. The standard InChI is InChI=1S/C14H15N3O6/c15-11(18)5-8(14(21)22)16-12(19)6-17-7-13(20)23-10-4-2-1-3-9(10)17/h1-4,8H,5-7H2,(H2,15,18)(H,16,19)(H,21,22). The highest BCUT2D eigenvalue weighted by Crippen LogP contribution is 2.30. The molecule has 4 N–H and O–H groups in total. The lowest BCUT2D eigenvalue weighted by Crippen LogP contribution is -2.49. The van der Waals surface area contributed by atoms with Gasteiger partial charge in [0.05, 0.1) is 18.7 Å². The number of carbonyl (C=O) groups is 4. The summed E-state index contributed by atoms with van der Waals surface area (Å²) in [5.41, 5.74) is 5.49. The number of aliphatic carboxylic acids is 1. The fraction of sp³-hybridized carbons (Fsp3) is 0.286. The predicted molar refractivity (Wildman–Crippen MR) is 77.7 cm³/mol. The molecule has 0 radical (unpaired) electrons. The van der Waals surface area contributed by atoms with E-state index in [1.165, 1.54) is 4.90 Å². The molecule has 9 heteroatoms. The number of fused-ring (bicyclic) bond motifs is 1. The summed E-state index contributed by atoms with van der Waals surface area (Å²) in [5.74, 6) is -3.06. The lowest BCUT2D eigenvalue weighted by atomic mass is 10.2. The van der Waals surface area contributed by atoms with Crippen LogP contribution in [0.3, 0.4) is 0 Å². The number of hydrogen-bond acceptors (Lipinski definition) is 6. The van der Waals surface area contributed by atoms with Crippen molar-refractivity contribution in [2.24, 2.45) is 5.73 Å². The Balaban J connectivity index is 2.06. The van der Waals surface area contributed by atoms with Crippen molar-refractivity contribution < 1.29 is 29.0 Å². The van der Waals surface area contributed by atoms with E-state index in [2.05, 4.69) is 5.32 Å². The monoisotopic (exact) mass is 321 g/mol. The molecule has 0 spiro atoms. The third kappa shape index (κ3) is 4.19. The summed E-state index contributed by atoms with van der Waals surface area (Å²) in [5, 5.41) is 11.2. The molecule has 0 saturated heterocycles. The van der Waals surface area contributed by atoms with E-state index in [0.29, 0.717) is 11.4 Å². The first-order valence-electron chi connectivity index (χ1n) is 6.72. The normalized spacial score (nSPS) is 14.4. The number of carbonyl (C=O) groups excluding carboxylic acids is 3. The zero-order valence-electron chi connectivity index (χ0n) is 12.0. The van der Waals surface area contributed by atoms with Gasteiger partial charge in [0, 0.05) is 0 Å². The van der Waals surface area contributed by atoms with Gasteiger partial charge >= 0.3 is 11.9 Å². The minimum atomic E-state index is -1.41. The SMILES string of the molecule is NC(=O)CC(NC(=O)CN1CC(=O)Oc2ccccc21)C(=O)O. The molecule has 0 aliphatic carbocycles. The molecule has 1 aliphatic heterocycles. The Labute approximate surface area is 131 Å². The van der Waals surface area contributed by atoms with Crippen LogP contribution in [0.1, 0.15) is 6.42 Å². The van der Waals surface area contributed by atoms with Crippen LogP contribution in [0, 0.1) is 0 Å². The number of nitrogens with one attached hydrogen (secondary N) is 1. The number of carboxylic acid groups (broad SMARTS) is 1. The molecule has 1 unspecified atom stereocenters. The van der Waals surface area contributed by atoms with E-state index >= 15 is 0 Å². The number of amides is 2. The zero-order valence-corrected chi connectivity index (χ0v) is 12.0. The fourth-order valence-corrected chi connectivity index (χ4v) is 2.16. The van der Waals surface area contributed by atoms with Crippen molar-refractivity contribution in [3.63, 3.8) is 0 Å². The molecule has 2 amide bonds. The Kier molecular flexibility index (Phi) is 4.79. The van der Waals surface area contributed by atoms with Gasteiger partial charge in [0.1, 0.15) is 12.6 Å². The highest BCUT2D eigenvalue weighted by atomic mass is 16.5. The van der Waals surface area contributed by atoms with Crippen LogP contribution in [0.4, 0.5) is 5.69 Å². The van der Waals surface area contributed by atoms with Gasteiger partial charge in [0.15, 0.2) is 5.75 Å². The molecule has 122 valence electrons. The molecule has 1 aromatic rings. The summed E-state index contributed by atoms with van der Waals surface area (Å²) in [6.07, 6.45) is -0.514. The van der Waals surface area contributed by atoms with E-state index in [-0.39, 0.29) is 13.1 Å². The van der Waals surface area contributed by atoms with E-state index in [1.807, 2.05) is 0 Å². The molecule has 0 bridgehead atoms. The molecule has 1 heterocycles. The lowest BCUT2D eigenvalue weighted by Gasteiger charge is -2.29. The maximum atomic E-state index is 12.0. The minimum absolute atomic E-state index is 0.141. The second kappa shape index (κ2) is 6.77. The van der Waals surface area contributed by atoms with Gasteiger partial charge in [0.25, 0.3) is 0 Å². The van der Waals surface area contributed by atoms with E-state index in [0.717, 1.165) is 0 Å². The van der Waals surface area contributed by atoms with Crippen LogP contribution < -0.4 is 20.7 Å². The van der Waals surface area contributed by atoms with E-state index < -0.39 is 36.2 Å². The summed E-state index contributed by atoms with van der Waals surface area (Å²) in [6, 6.07) is 5.25. The maximum Gasteiger partial charge on any atom is 0.331 e. The molecule has 1 atom stereocenters. The summed E-state index contributed by atoms with van der Waals surface area (Å²) >= 11 is 0. The number of hydrogen-bond donors (Lipinski definition) is 3. The van der Waals surface area contributed by atoms with Gasteiger partial charge < -0.3 is 25.8 Å². The lowest BCUT2D eigenvalue weighted by molar-refractivity contribution is -0.143. The van der Waals surface area contributed by atoms with Crippen molar-refractivity contribution in [3.8, 4) is 5.75 Å². The van der Waals surface area contributed by atoms with Gasteiger partial charge in [-0.15, -0.1) is 0 Å². The quantitative estimate of drug-likeness (QED) is 0.444. The van der Waals surface area contributed by atoms with Crippen LogP contribution in [0.15, 0.2) is 24.3 Å². The van der Waals surface area contributed by atoms with Crippen molar-refractivity contribution in [2.75, 3.05) is 18.0 Å². The minimum Gasteiger partial charge on any atom is -0.480 e. The highest BCUT2D eigenvalue weighted by molar-refractivity contribution is 5.92. The van der Waals surface area contributed by atoms with Crippen LogP contribution in [0.25, 0.3) is 0 Å². The highest BCUT2D eigenvalue weighted by Gasteiger charge is 2.27. The number of benzene rings is 1. The number of rotatable bonds is 6. The second-order valence-corrected chi connectivity index (χ2v) is 4.93. The van der Waals surface area contributed by atoms with E-state index in [1.54, 1.807) is 24.3 Å². The van der Waals surface area contributed by atoms with Crippen LogP contribution in [0.2, 0.25) is 0 Å². The molecule has 0 fully saturated rings. The number of anilines is 1. The van der Waals surface area contributed by atoms with Gasteiger partial charge in [-0.2, -0.15) is 0 Å². The second-order valence-electron chi connectivity index (χ2n) is 4.93. The summed E-state index contributed by atoms with van der Waals surface area (Å²) in [6.45, 7) is -0.396. The Morgan fingerprint density at radius 1 is 1.35 bits per heavy atom. The predicted octanol–water partition coefficient (Wildman–Crippen LogP) is -1.14. The molecular weight excluding hydrogens is 306 g/mol. The molecular formula is C14H15N3O6. The maximum absolute atomic E-state index is 12.0. The van der Waals surface area contributed by atoms with Crippen LogP contribution in [-0.4, -0.2) is 48.0 Å². The number of nitrogens with two attached hydrogens (primary N) is 1. The van der Waals surface area contributed by atoms with Crippen LogP contribution >= 0.6 is 0 Å². The van der Waals surface area contributed by atoms with Crippen molar-refractivity contribution in [1.29, 1.82) is 0 Å². The first-order valence-corrected chi connectivity index (χ1v) is 6.72. The topological polar surface area (TPSA) is 139 Å². The molecule has 0 saturated carbocycles. The van der Waals surface area contributed by atoms with Crippen molar-refractivity contribution in [2.45, 2.75) is 12.5 Å². The van der Waals surface area contributed by atoms with Crippen LogP contribution in [-0.2, 0) is 19.2 Å². The van der Waals surface area contributed by atoms with Crippen molar-refractivity contribution >= 4 is 29.4 Å².